The molecule has 1 aliphatic heterocycles. The van der Waals surface area contributed by atoms with E-state index in [2.05, 4.69) is 17.6 Å². The van der Waals surface area contributed by atoms with Gasteiger partial charge in [-0.25, -0.2) is 0 Å². The van der Waals surface area contributed by atoms with Gasteiger partial charge in [-0.1, -0.05) is 6.92 Å². The van der Waals surface area contributed by atoms with Crippen molar-refractivity contribution < 1.29 is 4.79 Å². The van der Waals surface area contributed by atoms with Crippen molar-refractivity contribution in [2.24, 2.45) is 23.2 Å². The lowest BCUT2D eigenvalue weighted by molar-refractivity contribution is -0.126. The summed E-state index contributed by atoms with van der Waals surface area (Å²) in [6, 6.07) is 0. The molecule has 3 fully saturated rings. The molecule has 0 aromatic heterocycles. The highest BCUT2D eigenvalue weighted by Gasteiger charge is 2.45. The van der Waals surface area contributed by atoms with Gasteiger partial charge in [-0.15, -0.1) is 0 Å². The zero-order chi connectivity index (χ0) is 12.6. The highest BCUT2D eigenvalue weighted by molar-refractivity contribution is 5.80. The molecule has 0 aromatic carbocycles. The van der Waals surface area contributed by atoms with Crippen LogP contribution in [0.5, 0.6) is 0 Å². The molecule has 3 rings (SSSR count). The molecule has 3 nitrogen and oxygen atoms in total. The van der Waals surface area contributed by atoms with Gasteiger partial charge in [0, 0.05) is 19.0 Å². The fraction of sp³-hybridized carbons (Fsp3) is 0.933. The van der Waals surface area contributed by atoms with Gasteiger partial charge in [-0.2, -0.15) is 0 Å². The molecule has 3 heteroatoms. The smallest absolute Gasteiger partial charge is 0.223 e. The Morgan fingerprint density at radius 1 is 1.33 bits per heavy atom. The predicted molar refractivity (Wildman–Crippen MR) is 72.2 cm³/mol. The molecular formula is C15H26N2O. The fourth-order valence-corrected chi connectivity index (χ4v) is 3.41. The van der Waals surface area contributed by atoms with Gasteiger partial charge in [0.25, 0.3) is 0 Å². The number of rotatable bonds is 5. The summed E-state index contributed by atoms with van der Waals surface area (Å²) in [4.78, 5) is 12.4. The maximum Gasteiger partial charge on any atom is 0.223 e. The number of piperidine rings is 1. The maximum absolute atomic E-state index is 12.4. The molecule has 2 aliphatic carbocycles. The van der Waals surface area contributed by atoms with E-state index in [1.807, 2.05) is 0 Å². The second kappa shape index (κ2) is 4.84. The summed E-state index contributed by atoms with van der Waals surface area (Å²) < 4.78 is 0. The summed E-state index contributed by atoms with van der Waals surface area (Å²) >= 11 is 0. The summed E-state index contributed by atoms with van der Waals surface area (Å²) in [6.45, 7) is 5.33. The van der Waals surface area contributed by atoms with Crippen molar-refractivity contribution in [2.75, 3.05) is 19.6 Å². The van der Waals surface area contributed by atoms with Crippen molar-refractivity contribution in [3.05, 3.63) is 0 Å². The molecule has 102 valence electrons. The van der Waals surface area contributed by atoms with Gasteiger partial charge in [0.15, 0.2) is 0 Å². The van der Waals surface area contributed by atoms with Gasteiger partial charge in [0.2, 0.25) is 5.91 Å². The zero-order valence-corrected chi connectivity index (χ0v) is 11.5. The van der Waals surface area contributed by atoms with E-state index in [9.17, 15) is 4.79 Å². The highest BCUT2D eigenvalue weighted by atomic mass is 16.1. The Labute approximate surface area is 110 Å². The Kier molecular flexibility index (Phi) is 3.35. The molecule has 1 saturated heterocycles. The van der Waals surface area contributed by atoms with Gasteiger partial charge in [-0.3, -0.25) is 4.79 Å². The lowest BCUT2D eigenvalue weighted by Gasteiger charge is -2.34. The van der Waals surface area contributed by atoms with E-state index in [1.54, 1.807) is 0 Å². The molecular weight excluding hydrogens is 224 g/mol. The van der Waals surface area contributed by atoms with Crippen LogP contribution in [-0.2, 0) is 4.79 Å². The largest absolute Gasteiger partial charge is 0.355 e. The first-order chi connectivity index (χ1) is 8.68. The molecule has 1 heterocycles. The van der Waals surface area contributed by atoms with Crippen LogP contribution in [0.25, 0.3) is 0 Å². The summed E-state index contributed by atoms with van der Waals surface area (Å²) in [5, 5.41) is 6.70. The average molecular weight is 250 g/mol. The Hall–Kier alpha value is -0.570. The monoisotopic (exact) mass is 250 g/mol. The van der Waals surface area contributed by atoms with Gasteiger partial charge in [0.05, 0.1) is 0 Å². The number of amides is 1. The third kappa shape index (κ3) is 2.87. The van der Waals surface area contributed by atoms with Crippen molar-refractivity contribution in [1.82, 2.24) is 10.6 Å². The number of nitrogens with one attached hydrogen (secondary N) is 2. The van der Waals surface area contributed by atoms with E-state index in [0.29, 0.717) is 11.8 Å². The van der Waals surface area contributed by atoms with Gasteiger partial charge < -0.3 is 10.6 Å². The Morgan fingerprint density at radius 3 is 2.50 bits per heavy atom. The second-order valence-corrected chi connectivity index (χ2v) is 7.01. The van der Waals surface area contributed by atoms with Crippen LogP contribution in [0.2, 0.25) is 0 Å². The van der Waals surface area contributed by atoms with Crippen LogP contribution in [0.15, 0.2) is 0 Å². The summed E-state index contributed by atoms with van der Waals surface area (Å²) in [5.41, 5.74) is 0.269. The van der Waals surface area contributed by atoms with E-state index >= 15 is 0 Å². The third-order valence-corrected chi connectivity index (χ3v) is 4.94. The number of hydrogen-bond acceptors (Lipinski definition) is 2. The lowest BCUT2D eigenvalue weighted by atomic mass is 9.82. The van der Waals surface area contributed by atoms with Crippen LogP contribution in [-0.4, -0.2) is 25.5 Å². The van der Waals surface area contributed by atoms with Crippen LogP contribution in [0.1, 0.15) is 45.4 Å². The number of hydrogen-bond donors (Lipinski definition) is 2. The van der Waals surface area contributed by atoms with Gasteiger partial charge >= 0.3 is 0 Å². The fourth-order valence-electron chi connectivity index (χ4n) is 3.41. The minimum atomic E-state index is 0.269. The van der Waals surface area contributed by atoms with E-state index in [1.165, 1.54) is 38.5 Å². The van der Waals surface area contributed by atoms with Crippen LogP contribution < -0.4 is 10.6 Å². The van der Waals surface area contributed by atoms with E-state index in [0.717, 1.165) is 31.5 Å². The van der Waals surface area contributed by atoms with Crippen LogP contribution >= 0.6 is 0 Å². The first kappa shape index (κ1) is 12.5. The maximum atomic E-state index is 12.4. The lowest BCUT2D eigenvalue weighted by Crippen LogP contribution is -2.47. The predicted octanol–water partition coefficient (Wildman–Crippen LogP) is 1.93. The van der Waals surface area contributed by atoms with Crippen molar-refractivity contribution in [1.29, 1.82) is 0 Å². The average Bonchev–Trinajstić information content (AvgIpc) is 3.22. The molecule has 0 aromatic rings. The van der Waals surface area contributed by atoms with Gasteiger partial charge in [-0.05, 0) is 62.3 Å². The Bertz CT molecular complexity index is 302. The summed E-state index contributed by atoms with van der Waals surface area (Å²) in [5.74, 6) is 2.14. The van der Waals surface area contributed by atoms with Crippen molar-refractivity contribution in [2.45, 2.75) is 45.4 Å². The Balaban J connectivity index is 1.50. The number of carbonyl (C=O) groups is 1. The molecule has 0 bridgehead atoms. The molecule has 2 N–H and O–H groups in total. The van der Waals surface area contributed by atoms with Crippen LogP contribution in [0.3, 0.4) is 0 Å². The van der Waals surface area contributed by atoms with E-state index < -0.39 is 0 Å². The number of carbonyl (C=O) groups excluding carboxylic acids is 1. The van der Waals surface area contributed by atoms with E-state index in [4.69, 9.17) is 0 Å². The zero-order valence-electron chi connectivity index (χ0n) is 11.5. The SMILES string of the molecule is CC1(CNC(=O)C(C2CC2)C2CC2)CCCNC1. The molecule has 1 atom stereocenters. The molecule has 0 spiro atoms. The van der Waals surface area contributed by atoms with Crippen molar-refractivity contribution in [3.63, 3.8) is 0 Å². The summed E-state index contributed by atoms with van der Waals surface area (Å²) in [6.07, 6.45) is 7.61. The molecule has 2 saturated carbocycles. The molecule has 3 aliphatic rings. The third-order valence-electron chi connectivity index (χ3n) is 4.94. The molecule has 1 unspecified atom stereocenters. The second-order valence-electron chi connectivity index (χ2n) is 7.01. The Morgan fingerprint density at radius 2 is 2.00 bits per heavy atom. The standard InChI is InChI=1S/C15H26N2O/c1-15(7-2-8-16-9-15)10-17-14(18)13(11-3-4-11)12-5-6-12/h11-13,16H,2-10H2,1H3,(H,17,18). The van der Waals surface area contributed by atoms with Crippen LogP contribution in [0.4, 0.5) is 0 Å². The van der Waals surface area contributed by atoms with Crippen molar-refractivity contribution >= 4 is 5.91 Å². The first-order valence-electron chi connectivity index (χ1n) is 7.66. The molecule has 1 amide bonds. The first-order valence-corrected chi connectivity index (χ1v) is 7.66. The molecule has 0 radical (unpaired) electrons. The quantitative estimate of drug-likeness (QED) is 0.783. The normalized spacial score (nSPS) is 32.6. The van der Waals surface area contributed by atoms with Crippen molar-refractivity contribution in [3.8, 4) is 0 Å². The minimum absolute atomic E-state index is 0.269. The van der Waals surface area contributed by atoms with E-state index in [-0.39, 0.29) is 5.41 Å². The topological polar surface area (TPSA) is 41.1 Å². The van der Waals surface area contributed by atoms with Gasteiger partial charge in [0.1, 0.15) is 0 Å². The molecule has 18 heavy (non-hydrogen) atoms. The highest BCUT2D eigenvalue weighted by Crippen LogP contribution is 2.49. The minimum Gasteiger partial charge on any atom is -0.355 e. The summed E-state index contributed by atoms with van der Waals surface area (Å²) in [7, 11) is 0. The van der Waals surface area contributed by atoms with Crippen LogP contribution in [0, 0.1) is 23.2 Å².